The number of hydrogen-bond acceptors (Lipinski definition) is 5. The van der Waals surface area contributed by atoms with Gasteiger partial charge in [0.25, 0.3) is 5.56 Å². The molecule has 2 aromatic heterocycles. The number of nitriles is 1. The lowest BCUT2D eigenvalue weighted by atomic mass is 9.99. The summed E-state index contributed by atoms with van der Waals surface area (Å²) in [7, 11) is 0. The van der Waals surface area contributed by atoms with Crippen molar-refractivity contribution in [2.45, 2.75) is 0 Å². The van der Waals surface area contributed by atoms with Crippen LogP contribution in [0.5, 0.6) is 11.5 Å². The van der Waals surface area contributed by atoms with Crippen molar-refractivity contribution in [2.75, 3.05) is 0 Å². The monoisotopic (exact) mass is 378 g/mol. The second kappa shape index (κ2) is 6.27. The van der Waals surface area contributed by atoms with Gasteiger partial charge in [-0.05, 0) is 23.3 Å². The molecule has 0 aliphatic carbocycles. The van der Waals surface area contributed by atoms with Gasteiger partial charge >= 0.3 is 0 Å². The first-order chi connectivity index (χ1) is 13.0. The number of rotatable bonds is 2. The molecule has 0 unspecified atom stereocenters. The van der Waals surface area contributed by atoms with E-state index in [4.69, 9.17) is 5.26 Å². The van der Waals surface area contributed by atoms with Crippen LogP contribution in [0.25, 0.3) is 32.5 Å². The molecule has 4 aromatic rings. The van der Waals surface area contributed by atoms with E-state index in [2.05, 4.69) is 4.98 Å². The SMILES string of the molecule is N#Cc1c(O)c2c(-c3ccc(-c4ccc(F)cc4O)cc3)csc2[nH]c1=O. The van der Waals surface area contributed by atoms with E-state index in [1.54, 1.807) is 35.7 Å². The number of H-pyrrole nitrogens is 1. The molecule has 0 aliphatic rings. The Labute approximate surface area is 156 Å². The number of aromatic hydroxyl groups is 2. The quantitative estimate of drug-likeness (QED) is 0.483. The fourth-order valence-corrected chi connectivity index (χ4v) is 3.94. The third-order valence-corrected chi connectivity index (χ3v) is 5.19. The number of hydrogen-bond donors (Lipinski definition) is 3. The number of nitrogens with zero attached hydrogens (tertiary/aromatic N) is 1. The van der Waals surface area contributed by atoms with Gasteiger partial charge in [-0.3, -0.25) is 4.79 Å². The van der Waals surface area contributed by atoms with Gasteiger partial charge in [0.15, 0.2) is 5.56 Å². The summed E-state index contributed by atoms with van der Waals surface area (Å²) in [6.45, 7) is 0. The Kier molecular flexibility index (Phi) is 3.90. The number of phenols is 1. The van der Waals surface area contributed by atoms with Gasteiger partial charge in [0.1, 0.15) is 28.2 Å². The van der Waals surface area contributed by atoms with Gasteiger partial charge in [-0.1, -0.05) is 24.3 Å². The van der Waals surface area contributed by atoms with E-state index in [0.717, 1.165) is 11.6 Å². The minimum atomic E-state index is -0.627. The van der Waals surface area contributed by atoms with Crippen LogP contribution in [0.1, 0.15) is 5.56 Å². The fourth-order valence-electron chi connectivity index (χ4n) is 2.98. The smallest absolute Gasteiger partial charge is 0.270 e. The molecule has 0 saturated carbocycles. The first kappa shape index (κ1) is 16.8. The molecule has 27 heavy (non-hydrogen) atoms. The molecule has 2 aromatic carbocycles. The summed E-state index contributed by atoms with van der Waals surface area (Å²) in [5.74, 6) is -1.01. The lowest BCUT2D eigenvalue weighted by molar-refractivity contribution is 0.471. The highest BCUT2D eigenvalue weighted by Crippen LogP contribution is 2.39. The number of fused-ring (bicyclic) bond motifs is 1. The fraction of sp³-hybridized carbons (Fsp3) is 0. The molecule has 0 spiro atoms. The summed E-state index contributed by atoms with van der Waals surface area (Å²) in [4.78, 5) is 14.9. The van der Waals surface area contributed by atoms with E-state index in [9.17, 15) is 19.4 Å². The molecule has 0 aliphatic heterocycles. The predicted octanol–water partition coefficient (Wildman–Crippen LogP) is 4.35. The molecule has 0 bridgehead atoms. The standard InChI is InChI=1S/C20H11FN2O3S/c21-12-5-6-13(16(24)7-12)10-1-3-11(4-2-10)15-9-27-20-17(15)18(25)14(8-22)19(26)23-20/h1-7,9,24H,(H2,23,25,26). The zero-order valence-electron chi connectivity index (χ0n) is 13.7. The van der Waals surface area contributed by atoms with E-state index in [0.29, 0.717) is 26.9 Å². The van der Waals surface area contributed by atoms with Crippen molar-refractivity contribution >= 4 is 21.6 Å². The van der Waals surface area contributed by atoms with E-state index in [1.807, 2.05) is 0 Å². The molecule has 0 amide bonds. The normalized spacial score (nSPS) is 10.8. The van der Waals surface area contributed by atoms with Crippen LogP contribution in [0, 0.1) is 17.1 Å². The van der Waals surface area contributed by atoms with Gasteiger partial charge in [0.05, 0.1) is 5.39 Å². The second-order valence-electron chi connectivity index (χ2n) is 5.88. The summed E-state index contributed by atoms with van der Waals surface area (Å²) in [6, 6.07) is 12.6. The number of benzene rings is 2. The first-order valence-corrected chi connectivity index (χ1v) is 8.73. The molecular weight excluding hydrogens is 367 g/mol. The van der Waals surface area contributed by atoms with E-state index in [1.165, 1.54) is 23.5 Å². The highest BCUT2D eigenvalue weighted by Gasteiger charge is 2.17. The maximum Gasteiger partial charge on any atom is 0.270 e. The molecule has 2 heterocycles. The van der Waals surface area contributed by atoms with Crippen molar-refractivity contribution < 1.29 is 14.6 Å². The summed E-state index contributed by atoms with van der Waals surface area (Å²) in [5.41, 5.74) is 1.68. The van der Waals surface area contributed by atoms with E-state index < -0.39 is 11.4 Å². The molecule has 132 valence electrons. The zero-order chi connectivity index (χ0) is 19.1. The Bertz CT molecular complexity index is 1280. The van der Waals surface area contributed by atoms with Crippen molar-refractivity contribution in [3.05, 3.63) is 69.6 Å². The minimum Gasteiger partial charge on any atom is -0.507 e. The number of nitrogens with one attached hydrogen (secondary N) is 1. The third-order valence-electron chi connectivity index (χ3n) is 4.30. The summed E-state index contributed by atoms with van der Waals surface area (Å²) >= 11 is 1.25. The predicted molar refractivity (Wildman–Crippen MR) is 101 cm³/mol. The Balaban J connectivity index is 1.83. The van der Waals surface area contributed by atoms with Gasteiger partial charge in [0.2, 0.25) is 0 Å². The van der Waals surface area contributed by atoms with Crippen molar-refractivity contribution in [2.24, 2.45) is 0 Å². The number of aromatic amines is 1. The topological polar surface area (TPSA) is 97.1 Å². The van der Waals surface area contributed by atoms with Crippen molar-refractivity contribution in [3.8, 4) is 39.8 Å². The van der Waals surface area contributed by atoms with Crippen LogP contribution in [0.2, 0.25) is 0 Å². The average Bonchev–Trinajstić information content (AvgIpc) is 3.06. The molecule has 0 saturated heterocycles. The van der Waals surface area contributed by atoms with E-state index >= 15 is 0 Å². The Morgan fingerprint density at radius 1 is 1.04 bits per heavy atom. The van der Waals surface area contributed by atoms with Crippen molar-refractivity contribution in [1.82, 2.24) is 4.98 Å². The van der Waals surface area contributed by atoms with Gasteiger partial charge < -0.3 is 15.2 Å². The highest BCUT2D eigenvalue weighted by atomic mass is 32.1. The number of aromatic nitrogens is 1. The van der Waals surface area contributed by atoms with Gasteiger partial charge in [-0.2, -0.15) is 5.26 Å². The second-order valence-corrected chi connectivity index (χ2v) is 6.76. The number of halogens is 1. The van der Waals surface area contributed by atoms with Gasteiger partial charge in [-0.15, -0.1) is 11.3 Å². The summed E-state index contributed by atoms with van der Waals surface area (Å²) < 4.78 is 13.2. The number of phenolic OH excluding ortho intramolecular Hbond substituents is 1. The average molecular weight is 378 g/mol. The lowest BCUT2D eigenvalue weighted by Crippen LogP contribution is -2.09. The molecule has 7 heteroatoms. The van der Waals surface area contributed by atoms with Crippen LogP contribution >= 0.6 is 11.3 Å². The lowest BCUT2D eigenvalue weighted by Gasteiger charge is -2.07. The van der Waals surface area contributed by atoms with Crippen molar-refractivity contribution in [3.63, 3.8) is 0 Å². The minimum absolute atomic E-state index is 0.155. The molecule has 0 atom stereocenters. The molecule has 0 radical (unpaired) electrons. The van der Waals surface area contributed by atoms with Gasteiger partial charge in [0, 0.05) is 22.6 Å². The molecule has 5 nitrogen and oxygen atoms in total. The first-order valence-electron chi connectivity index (χ1n) is 7.85. The maximum absolute atomic E-state index is 13.2. The Morgan fingerprint density at radius 2 is 1.70 bits per heavy atom. The van der Waals surface area contributed by atoms with Crippen LogP contribution in [0.3, 0.4) is 0 Å². The van der Waals surface area contributed by atoms with Crippen molar-refractivity contribution in [1.29, 1.82) is 5.26 Å². The third kappa shape index (κ3) is 2.72. The van der Waals surface area contributed by atoms with Gasteiger partial charge in [-0.25, -0.2) is 4.39 Å². The molecular formula is C20H11FN2O3S. The van der Waals surface area contributed by atoms with E-state index in [-0.39, 0.29) is 17.1 Å². The van der Waals surface area contributed by atoms with Crippen LogP contribution in [-0.4, -0.2) is 15.2 Å². The number of thiophene rings is 1. The number of pyridine rings is 1. The Morgan fingerprint density at radius 3 is 2.33 bits per heavy atom. The van der Waals surface area contributed by atoms with Crippen LogP contribution in [0.4, 0.5) is 4.39 Å². The highest BCUT2D eigenvalue weighted by molar-refractivity contribution is 7.17. The zero-order valence-corrected chi connectivity index (χ0v) is 14.5. The molecule has 0 fully saturated rings. The summed E-state index contributed by atoms with van der Waals surface area (Å²) in [6.07, 6.45) is 0. The summed E-state index contributed by atoms with van der Waals surface area (Å²) in [5, 5.41) is 31.6. The van der Waals surface area contributed by atoms with Crippen LogP contribution < -0.4 is 5.56 Å². The van der Waals surface area contributed by atoms with Crippen LogP contribution in [0.15, 0.2) is 52.6 Å². The van der Waals surface area contributed by atoms with Crippen LogP contribution in [-0.2, 0) is 0 Å². The Hall–Kier alpha value is -3.63. The largest absolute Gasteiger partial charge is 0.507 e. The maximum atomic E-state index is 13.2. The molecule has 3 N–H and O–H groups in total. The molecule has 4 rings (SSSR count).